The van der Waals surface area contributed by atoms with Gasteiger partial charge in [0.15, 0.2) is 0 Å². The fourth-order valence-electron chi connectivity index (χ4n) is 2.06. The molecule has 3 rings (SSSR count). The minimum Gasteiger partial charge on any atom is -0.280 e. The summed E-state index contributed by atoms with van der Waals surface area (Å²) in [4.78, 5) is 4.42. The van der Waals surface area contributed by atoms with E-state index in [2.05, 4.69) is 4.99 Å². The molecule has 0 aliphatic carbocycles. The van der Waals surface area contributed by atoms with E-state index < -0.39 is 0 Å². The van der Waals surface area contributed by atoms with Crippen LogP contribution in [0.1, 0.15) is 11.1 Å². The number of rotatable bonds is 2. The van der Waals surface area contributed by atoms with E-state index in [0.717, 1.165) is 22.4 Å². The fraction of sp³-hybridized carbons (Fsp3) is 0.0625. The van der Waals surface area contributed by atoms with Gasteiger partial charge in [0.2, 0.25) is 0 Å². The Morgan fingerprint density at radius 3 is 1.84 bits per heavy atom. The molecular weight excluding hydrogens is 244 g/mol. The lowest BCUT2D eigenvalue weighted by molar-refractivity contribution is 0.627. The van der Waals surface area contributed by atoms with Crippen LogP contribution in [0.3, 0.4) is 0 Å². The Kier molecular flexibility index (Phi) is 2.95. The van der Waals surface area contributed by atoms with Crippen molar-refractivity contribution in [3.63, 3.8) is 0 Å². The van der Waals surface area contributed by atoms with Gasteiger partial charge in [-0.3, -0.25) is 4.99 Å². The molecule has 2 aromatic rings. The van der Waals surface area contributed by atoms with E-state index >= 15 is 0 Å². The van der Waals surface area contributed by atoms with Crippen LogP contribution in [0.4, 0.5) is 8.78 Å². The summed E-state index contributed by atoms with van der Waals surface area (Å²) in [6.07, 6.45) is 1.96. The Bertz CT molecular complexity index is 652. The molecule has 0 unspecified atom stereocenters. The SMILES string of the molecule is Fc1ccc(C2=CC(c3ccc(F)cc3)=NC2)cc1. The predicted octanol–water partition coefficient (Wildman–Crippen LogP) is 3.85. The maximum Gasteiger partial charge on any atom is 0.123 e. The second kappa shape index (κ2) is 4.76. The summed E-state index contributed by atoms with van der Waals surface area (Å²) in [7, 11) is 0. The Morgan fingerprint density at radius 1 is 0.737 bits per heavy atom. The van der Waals surface area contributed by atoms with Crippen molar-refractivity contribution < 1.29 is 8.78 Å². The first kappa shape index (κ1) is 11.8. The van der Waals surface area contributed by atoms with Gasteiger partial charge in [0.05, 0.1) is 12.3 Å². The Morgan fingerprint density at radius 2 is 1.26 bits per heavy atom. The van der Waals surface area contributed by atoms with Crippen LogP contribution in [-0.4, -0.2) is 12.3 Å². The van der Waals surface area contributed by atoms with Crippen molar-refractivity contribution in [1.82, 2.24) is 0 Å². The summed E-state index contributed by atoms with van der Waals surface area (Å²) in [6.45, 7) is 0.568. The van der Waals surface area contributed by atoms with E-state index in [4.69, 9.17) is 0 Å². The van der Waals surface area contributed by atoms with Gasteiger partial charge in [-0.1, -0.05) is 12.1 Å². The third kappa shape index (κ3) is 2.45. The molecule has 1 nitrogen and oxygen atoms in total. The molecule has 0 amide bonds. The van der Waals surface area contributed by atoms with Crippen LogP contribution in [0, 0.1) is 11.6 Å². The largest absolute Gasteiger partial charge is 0.280 e. The average Bonchev–Trinajstić information content (AvgIpc) is 2.90. The van der Waals surface area contributed by atoms with Crippen LogP contribution in [0.5, 0.6) is 0 Å². The van der Waals surface area contributed by atoms with Gasteiger partial charge in [-0.2, -0.15) is 0 Å². The Labute approximate surface area is 109 Å². The van der Waals surface area contributed by atoms with Crippen molar-refractivity contribution >= 4 is 11.3 Å². The summed E-state index contributed by atoms with van der Waals surface area (Å²) in [6, 6.07) is 12.6. The zero-order valence-electron chi connectivity index (χ0n) is 10.1. The lowest BCUT2D eigenvalue weighted by atomic mass is 10.0. The number of aliphatic imine (C=N–C) groups is 1. The maximum absolute atomic E-state index is 12.9. The molecule has 0 fully saturated rings. The molecule has 0 bridgehead atoms. The molecule has 3 heteroatoms. The highest BCUT2D eigenvalue weighted by Crippen LogP contribution is 2.22. The van der Waals surface area contributed by atoms with Crippen LogP contribution in [0.2, 0.25) is 0 Å². The Hall–Kier alpha value is -2.29. The molecule has 1 aliphatic heterocycles. The summed E-state index contributed by atoms with van der Waals surface area (Å²) in [5, 5.41) is 0. The number of benzene rings is 2. The zero-order valence-corrected chi connectivity index (χ0v) is 10.1. The van der Waals surface area contributed by atoms with Crippen LogP contribution in [0.25, 0.3) is 5.57 Å². The smallest absolute Gasteiger partial charge is 0.123 e. The second-order valence-corrected chi connectivity index (χ2v) is 4.38. The van der Waals surface area contributed by atoms with Gasteiger partial charge in [0.1, 0.15) is 11.6 Å². The van der Waals surface area contributed by atoms with E-state index in [1.807, 2.05) is 6.08 Å². The van der Waals surface area contributed by atoms with Gasteiger partial charge in [-0.15, -0.1) is 0 Å². The number of hydrogen-bond acceptors (Lipinski definition) is 1. The minimum absolute atomic E-state index is 0.248. The van der Waals surface area contributed by atoms with E-state index in [9.17, 15) is 8.78 Å². The second-order valence-electron chi connectivity index (χ2n) is 4.38. The third-order valence-electron chi connectivity index (χ3n) is 3.09. The molecule has 1 heterocycles. The summed E-state index contributed by atoms with van der Waals surface area (Å²) in [5.74, 6) is -0.507. The third-order valence-corrected chi connectivity index (χ3v) is 3.09. The van der Waals surface area contributed by atoms with E-state index in [1.165, 1.54) is 24.3 Å². The van der Waals surface area contributed by atoms with E-state index in [1.54, 1.807) is 24.3 Å². The van der Waals surface area contributed by atoms with Crippen molar-refractivity contribution in [1.29, 1.82) is 0 Å². The maximum atomic E-state index is 12.9. The number of allylic oxidation sites excluding steroid dienone is 1. The molecule has 0 radical (unpaired) electrons. The van der Waals surface area contributed by atoms with Crippen molar-refractivity contribution in [2.45, 2.75) is 0 Å². The molecule has 1 aliphatic rings. The highest BCUT2D eigenvalue weighted by Gasteiger charge is 2.11. The van der Waals surface area contributed by atoms with E-state index in [0.29, 0.717) is 6.54 Å². The molecule has 0 N–H and O–H groups in total. The zero-order chi connectivity index (χ0) is 13.2. The quantitative estimate of drug-likeness (QED) is 0.773. The van der Waals surface area contributed by atoms with Gasteiger partial charge in [0.25, 0.3) is 0 Å². The number of hydrogen-bond donors (Lipinski definition) is 0. The summed E-state index contributed by atoms with van der Waals surface area (Å²) in [5.41, 5.74) is 3.72. The monoisotopic (exact) mass is 255 g/mol. The lowest BCUT2D eigenvalue weighted by Crippen LogP contribution is -1.93. The summed E-state index contributed by atoms with van der Waals surface area (Å²) >= 11 is 0. The highest BCUT2D eigenvalue weighted by atomic mass is 19.1. The molecule has 0 saturated heterocycles. The summed E-state index contributed by atoms with van der Waals surface area (Å²) < 4.78 is 25.7. The molecule has 2 aromatic carbocycles. The van der Waals surface area contributed by atoms with Crippen molar-refractivity contribution in [3.05, 3.63) is 77.4 Å². The Balaban J connectivity index is 1.87. The minimum atomic E-state index is -0.259. The molecule has 0 aromatic heterocycles. The van der Waals surface area contributed by atoms with Gasteiger partial charge >= 0.3 is 0 Å². The van der Waals surface area contributed by atoms with Crippen LogP contribution < -0.4 is 0 Å². The molecule has 0 atom stereocenters. The molecule has 0 spiro atoms. The first-order valence-corrected chi connectivity index (χ1v) is 5.99. The first-order chi connectivity index (χ1) is 9.22. The molecule has 19 heavy (non-hydrogen) atoms. The van der Waals surface area contributed by atoms with Gasteiger partial charge in [-0.05, 0) is 59.2 Å². The normalized spacial score (nSPS) is 14.2. The molecule has 94 valence electrons. The fourth-order valence-corrected chi connectivity index (χ4v) is 2.06. The van der Waals surface area contributed by atoms with Crippen LogP contribution in [0.15, 0.2) is 59.6 Å². The van der Waals surface area contributed by atoms with Crippen LogP contribution >= 0.6 is 0 Å². The topological polar surface area (TPSA) is 12.4 Å². The number of halogens is 2. The lowest BCUT2D eigenvalue weighted by Gasteiger charge is -2.00. The standard InChI is InChI=1S/C16H11F2N/c17-14-5-1-11(2-6-14)13-9-16(19-10-13)12-3-7-15(18)8-4-12/h1-9H,10H2. The van der Waals surface area contributed by atoms with Gasteiger partial charge < -0.3 is 0 Å². The first-order valence-electron chi connectivity index (χ1n) is 5.99. The average molecular weight is 255 g/mol. The van der Waals surface area contributed by atoms with Crippen LogP contribution in [-0.2, 0) is 0 Å². The molecule has 0 saturated carbocycles. The van der Waals surface area contributed by atoms with Crippen molar-refractivity contribution in [2.24, 2.45) is 4.99 Å². The predicted molar refractivity (Wildman–Crippen MR) is 72.2 cm³/mol. The van der Waals surface area contributed by atoms with Gasteiger partial charge in [-0.25, -0.2) is 8.78 Å². The van der Waals surface area contributed by atoms with Gasteiger partial charge in [0, 0.05) is 0 Å². The van der Waals surface area contributed by atoms with Crippen molar-refractivity contribution in [3.8, 4) is 0 Å². The van der Waals surface area contributed by atoms with E-state index in [-0.39, 0.29) is 11.6 Å². The number of nitrogens with zero attached hydrogens (tertiary/aromatic N) is 1. The van der Waals surface area contributed by atoms with Crippen molar-refractivity contribution in [2.75, 3.05) is 6.54 Å². The highest BCUT2D eigenvalue weighted by molar-refractivity contribution is 6.14. The molecular formula is C16H11F2N.